The average Bonchev–Trinajstić information content (AvgIpc) is 2.29. The second kappa shape index (κ2) is 5.85. The minimum absolute atomic E-state index is 0.0419. The SMILES string of the molecule is CCC(CC)(C(N)c1cc(C)cc(C)c1)N(C)C. The first-order valence-corrected chi connectivity index (χ1v) is 6.88. The Kier molecular flexibility index (Phi) is 4.94. The normalized spacial score (nSPS) is 14.0. The molecule has 102 valence electrons. The highest BCUT2D eigenvalue weighted by atomic mass is 15.2. The molecule has 2 N–H and O–H groups in total. The lowest BCUT2D eigenvalue weighted by Crippen LogP contribution is -2.51. The lowest BCUT2D eigenvalue weighted by Gasteiger charge is -2.43. The Balaban J connectivity index is 3.21. The molecule has 0 saturated heterocycles. The van der Waals surface area contributed by atoms with Crippen LogP contribution in [0, 0.1) is 13.8 Å². The molecular weight excluding hydrogens is 220 g/mol. The molecule has 0 amide bonds. The van der Waals surface area contributed by atoms with Gasteiger partial charge in [-0.3, -0.25) is 0 Å². The van der Waals surface area contributed by atoms with Gasteiger partial charge in [0.05, 0.1) is 0 Å². The first kappa shape index (κ1) is 15.2. The van der Waals surface area contributed by atoms with Crippen molar-refractivity contribution in [2.45, 2.75) is 52.1 Å². The molecule has 0 aliphatic carbocycles. The monoisotopic (exact) mass is 248 g/mol. The number of likely N-dealkylation sites (N-methyl/N-ethyl adjacent to an activating group) is 1. The molecular formula is C16H28N2. The molecule has 0 spiro atoms. The predicted molar refractivity (Wildman–Crippen MR) is 79.8 cm³/mol. The smallest absolute Gasteiger partial charge is 0.0481 e. The van der Waals surface area contributed by atoms with Gasteiger partial charge in [0.2, 0.25) is 0 Å². The van der Waals surface area contributed by atoms with Crippen LogP contribution in [0.3, 0.4) is 0 Å². The summed E-state index contributed by atoms with van der Waals surface area (Å²) in [5.41, 5.74) is 10.5. The minimum atomic E-state index is 0.0419. The number of nitrogens with zero attached hydrogens (tertiary/aromatic N) is 1. The molecule has 0 aromatic heterocycles. The van der Waals surface area contributed by atoms with Crippen LogP contribution in [0.4, 0.5) is 0 Å². The molecule has 1 rings (SSSR count). The molecule has 0 saturated carbocycles. The topological polar surface area (TPSA) is 29.3 Å². The maximum Gasteiger partial charge on any atom is 0.0481 e. The van der Waals surface area contributed by atoms with E-state index in [2.05, 4.69) is 64.9 Å². The average molecular weight is 248 g/mol. The summed E-state index contributed by atoms with van der Waals surface area (Å²) in [6, 6.07) is 6.70. The third kappa shape index (κ3) is 2.76. The Bertz CT molecular complexity index is 372. The van der Waals surface area contributed by atoms with E-state index in [-0.39, 0.29) is 11.6 Å². The van der Waals surface area contributed by atoms with Crippen LogP contribution < -0.4 is 5.73 Å². The molecule has 0 aliphatic heterocycles. The van der Waals surface area contributed by atoms with Gasteiger partial charge in [0.15, 0.2) is 0 Å². The van der Waals surface area contributed by atoms with E-state index in [0.717, 1.165) is 12.8 Å². The number of rotatable bonds is 5. The quantitative estimate of drug-likeness (QED) is 0.865. The Morgan fingerprint density at radius 3 is 1.83 bits per heavy atom. The number of aryl methyl sites for hydroxylation is 2. The van der Waals surface area contributed by atoms with E-state index in [4.69, 9.17) is 5.73 Å². The number of hydrogen-bond acceptors (Lipinski definition) is 2. The van der Waals surface area contributed by atoms with Crippen LogP contribution in [0.25, 0.3) is 0 Å². The van der Waals surface area contributed by atoms with E-state index in [0.29, 0.717) is 0 Å². The minimum Gasteiger partial charge on any atom is -0.322 e. The first-order valence-electron chi connectivity index (χ1n) is 6.88. The zero-order chi connectivity index (χ0) is 13.9. The van der Waals surface area contributed by atoms with Crippen molar-refractivity contribution in [2.75, 3.05) is 14.1 Å². The van der Waals surface area contributed by atoms with Crippen LogP contribution in [-0.2, 0) is 0 Å². The lowest BCUT2D eigenvalue weighted by molar-refractivity contribution is 0.106. The summed E-state index contributed by atoms with van der Waals surface area (Å²) in [7, 11) is 4.27. The van der Waals surface area contributed by atoms with Gasteiger partial charge in [-0.05, 0) is 46.3 Å². The van der Waals surface area contributed by atoms with Gasteiger partial charge >= 0.3 is 0 Å². The Labute approximate surface area is 112 Å². The number of nitrogens with two attached hydrogens (primary N) is 1. The second-order valence-electron chi connectivity index (χ2n) is 5.60. The zero-order valence-electron chi connectivity index (χ0n) is 12.7. The highest BCUT2D eigenvalue weighted by Gasteiger charge is 2.36. The standard InChI is InChI=1S/C16H28N2/c1-7-16(8-2,18(5)6)15(17)14-10-12(3)9-13(4)11-14/h9-11,15H,7-8,17H2,1-6H3. The molecule has 2 nitrogen and oxygen atoms in total. The van der Waals surface area contributed by atoms with Crippen LogP contribution in [0.1, 0.15) is 49.4 Å². The summed E-state index contributed by atoms with van der Waals surface area (Å²) in [5.74, 6) is 0. The van der Waals surface area contributed by atoms with Crippen molar-refractivity contribution >= 4 is 0 Å². The molecule has 1 atom stereocenters. The van der Waals surface area contributed by atoms with Crippen LogP contribution in [0.15, 0.2) is 18.2 Å². The van der Waals surface area contributed by atoms with Gasteiger partial charge in [-0.2, -0.15) is 0 Å². The van der Waals surface area contributed by atoms with Crippen molar-refractivity contribution in [3.8, 4) is 0 Å². The van der Waals surface area contributed by atoms with Gasteiger partial charge in [0.25, 0.3) is 0 Å². The van der Waals surface area contributed by atoms with Crippen molar-refractivity contribution < 1.29 is 0 Å². The maximum atomic E-state index is 6.59. The zero-order valence-corrected chi connectivity index (χ0v) is 12.7. The lowest BCUT2D eigenvalue weighted by atomic mass is 9.79. The van der Waals surface area contributed by atoms with Crippen LogP contribution in [0.5, 0.6) is 0 Å². The summed E-state index contributed by atoms with van der Waals surface area (Å²) in [6.45, 7) is 8.73. The fraction of sp³-hybridized carbons (Fsp3) is 0.625. The van der Waals surface area contributed by atoms with Crippen LogP contribution in [-0.4, -0.2) is 24.5 Å². The van der Waals surface area contributed by atoms with Crippen molar-refractivity contribution in [3.05, 3.63) is 34.9 Å². The van der Waals surface area contributed by atoms with E-state index in [1.54, 1.807) is 0 Å². The van der Waals surface area contributed by atoms with Crippen LogP contribution >= 0.6 is 0 Å². The Morgan fingerprint density at radius 1 is 1.06 bits per heavy atom. The molecule has 1 aromatic carbocycles. The van der Waals surface area contributed by atoms with Gasteiger partial charge < -0.3 is 10.6 Å². The van der Waals surface area contributed by atoms with Crippen molar-refractivity contribution in [2.24, 2.45) is 5.73 Å². The summed E-state index contributed by atoms with van der Waals surface area (Å²) in [4.78, 5) is 2.29. The van der Waals surface area contributed by atoms with Crippen molar-refractivity contribution in [1.29, 1.82) is 0 Å². The highest BCUT2D eigenvalue weighted by molar-refractivity contribution is 5.32. The van der Waals surface area contributed by atoms with Gasteiger partial charge in [0.1, 0.15) is 0 Å². The molecule has 0 bridgehead atoms. The second-order valence-corrected chi connectivity index (χ2v) is 5.60. The largest absolute Gasteiger partial charge is 0.322 e. The van der Waals surface area contributed by atoms with Gasteiger partial charge in [-0.15, -0.1) is 0 Å². The maximum absolute atomic E-state index is 6.59. The molecule has 1 aromatic rings. The van der Waals surface area contributed by atoms with Crippen molar-refractivity contribution in [3.63, 3.8) is 0 Å². The summed E-state index contributed by atoms with van der Waals surface area (Å²) in [5, 5.41) is 0. The van der Waals surface area contributed by atoms with E-state index < -0.39 is 0 Å². The molecule has 0 aliphatic rings. The fourth-order valence-corrected chi connectivity index (χ4v) is 3.10. The third-order valence-electron chi connectivity index (χ3n) is 4.30. The highest BCUT2D eigenvalue weighted by Crippen LogP contribution is 2.34. The third-order valence-corrected chi connectivity index (χ3v) is 4.30. The number of benzene rings is 1. The molecule has 0 heterocycles. The summed E-state index contributed by atoms with van der Waals surface area (Å²) in [6.07, 6.45) is 2.12. The fourth-order valence-electron chi connectivity index (χ4n) is 3.10. The first-order chi connectivity index (χ1) is 8.37. The summed E-state index contributed by atoms with van der Waals surface area (Å²) >= 11 is 0. The van der Waals surface area contributed by atoms with Gasteiger partial charge in [-0.1, -0.05) is 43.2 Å². The Hall–Kier alpha value is -0.860. The number of hydrogen-bond donors (Lipinski definition) is 1. The molecule has 18 heavy (non-hydrogen) atoms. The van der Waals surface area contributed by atoms with Gasteiger partial charge in [0, 0.05) is 11.6 Å². The Morgan fingerprint density at radius 2 is 1.50 bits per heavy atom. The van der Waals surface area contributed by atoms with E-state index >= 15 is 0 Å². The molecule has 2 heteroatoms. The molecule has 0 fully saturated rings. The van der Waals surface area contributed by atoms with Gasteiger partial charge in [-0.25, -0.2) is 0 Å². The summed E-state index contributed by atoms with van der Waals surface area (Å²) < 4.78 is 0. The van der Waals surface area contributed by atoms with Crippen molar-refractivity contribution in [1.82, 2.24) is 4.90 Å². The van der Waals surface area contributed by atoms with Crippen LogP contribution in [0.2, 0.25) is 0 Å². The predicted octanol–water partition coefficient (Wildman–Crippen LogP) is 3.42. The van der Waals surface area contributed by atoms with E-state index in [1.807, 2.05) is 0 Å². The molecule has 0 radical (unpaired) electrons. The van der Waals surface area contributed by atoms with E-state index in [9.17, 15) is 0 Å². The van der Waals surface area contributed by atoms with E-state index in [1.165, 1.54) is 16.7 Å². The molecule has 1 unspecified atom stereocenters.